The quantitative estimate of drug-likeness (QED) is 0.413. The fraction of sp³-hybridized carbons (Fsp3) is 0.481. The first kappa shape index (κ1) is 24.4. The van der Waals surface area contributed by atoms with Crippen LogP contribution >= 0.6 is 11.8 Å². The molecule has 0 radical (unpaired) electrons. The van der Waals surface area contributed by atoms with E-state index >= 15 is 0 Å². The van der Waals surface area contributed by atoms with Crippen LogP contribution < -0.4 is 0 Å². The molecule has 0 spiro atoms. The molecule has 6 nitrogen and oxygen atoms in total. The van der Waals surface area contributed by atoms with Gasteiger partial charge in [0.1, 0.15) is 11.6 Å². The lowest BCUT2D eigenvalue weighted by molar-refractivity contribution is 0.0410. The molecule has 2 aliphatic heterocycles. The van der Waals surface area contributed by atoms with Crippen LogP contribution in [-0.2, 0) is 17.8 Å². The zero-order chi connectivity index (χ0) is 23.9. The highest BCUT2D eigenvalue weighted by atomic mass is 32.2. The Hall–Kier alpha value is -2.26. The van der Waals surface area contributed by atoms with Crippen LogP contribution in [-0.4, -0.2) is 76.3 Å². The molecule has 3 heterocycles. The van der Waals surface area contributed by atoms with Crippen LogP contribution in [0.25, 0.3) is 0 Å². The highest BCUT2D eigenvalue weighted by Crippen LogP contribution is 2.31. The van der Waals surface area contributed by atoms with Crippen molar-refractivity contribution in [2.24, 2.45) is 0 Å². The molecule has 2 aliphatic rings. The number of morpholine rings is 1. The molecule has 0 amide bonds. The lowest BCUT2D eigenvalue weighted by Gasteiger charge is -2.31. The Labute approximate surface area is 211 Å². The van der Waals surface area contributed by atoms with Gasteiger partial charge >= 0.3 is 0 Å². The lowest BCUT2D eigenvalue weighted by atomic mass is 9.95. The van der Waals surface area contributed by atoms with Crippen LogP contribution in [0.1, 0.15) is 35.7 Å². The summed E-state index contributed by atoms with van der Waals surface area (Å²) < 4.78 is 21.9. The minimum absolute atomic E-state index is 0.115. The zero-order valence-electron chi connectivity index (χ0n) is 20.2. The molecular weight excluding hydrogens is 461 g/mol. The lowest BCUT2D eigenvalue weighted by Crippen LogP contribution is -2.37. The van der Waals surface area contributed by atoms with Crippen molar-refractivity contribution in [1.82, 2.24) is 24.6 Å². The van der Waals surface area contributed by atoms with Gasteiger partial charge in [0.15, 0.2) is 5.16 Å². The number of hydrogen-bond donors (Lipinski definition) is 0. The molecule has 0 N–H and O–H groups in total. The smallest absolute Gasteiger partial charge is 0.191 e. The van der Waals surface area contributed by atoms with Crippen LogP contribution in [0, 0.1) is 5.82 Å². The highest BCUT2D eigenvalue weighted by molar-refractivity contribution is 7.99. The highest BCUT2D eigenvalue weighted by Gasteiger charge is 2.27. The standard InChI is InChI=1S/C27H34FN5OS/c28-25-9-5-4-8-24(25)21-32-12-10-23(11-13-32)26-29-30-27(33(26)20-22-6-2-1-3-7-22)35-19-16-31-14-17-34-18-15-31/h1-9,23H,10-21H2. The van der Waals surface area contributed by atoms with Crippen molar-refractivity contribution in [1.29, 1.82) is 0 Å². The molecule has 0 atom stereocenters. The molecule has 2 saturated heterocycles. The fourth-order valence-electron chi connectivity index (χ4n) is 4.93. The van der Waals surface area contributed by atoms with Crippen LogP contribution in [0.5, 0.6) is 0 Å². The second kappa shape index (κ2) is 12.1. The van der Waals surface area contributed by atoms with E-state index in [2.05, 4.69) is 49.8 Å². The van der Waals surface area contributed by atoms with E-state index in [-0.39, 0.29) is 5.82 Å². The first-order valence-corrected chi connectivity index (χ1v) is 13.6. The average molecular weight is 496 g/mol. The van der Waals surface area contributed by atoms with Gasteiger partial charge in [0, 0.05) is 43.4 Å². The van der Waals surface area contributed by atoms with Crippen molar-refractivity contribution in [2.45, 2.75) is 37.0 Å². The Balaban J connectivity index is 1.24. The number of hydrogen-bond acceptors (Lipinski definition) is 6. The summed E-state index contributed by atoms with van der Waals surface area (Å²) >= 11 is 1.80. The molecule has 0 unspecified atom stereocenters. The molecule has 5 rings (SSSR count). The van der Waals surface area contributed by atoms with E-state index in [9.17, 15) is 4.39 Å². The molecule has 35 heavy (non-hydrogen) atoms. The van der Waals surface area contributed by atoms with Gasteiger partial charge in [0.25, 0.3) is 0 Å². The molecule has 0 saturated carbocycles. The van der Waals surface area contributed by atoms with Crippen molar-refractivity contribution in [3.05, 3.63) is 77.4 Å². The van der Waals surface area contributed by atoms with Crippen LogP contribution in [0.4, 0.5) is 4.39 Å². The van der Waals surface area contributed by atoms with E-state index < -0.39 is 0 Å². The van der Waals surface area contributed by atoms with Gasteiger partial charge < -0.3 is 9.30 Å². The summed E-state index contributed by atoms with van der Waals surface area (Å²) in [6.45, 7) is 8.05. The van der Waals surface area contributed by atoms with Crippen LogP contribution in [0.2, 0.25) is 0 Å². The molecule has 3 aromatic rings. The van der Waals surface area contributed by atoms with Gasteiger partial charge in [-0.05, 0) is 37.6 Å². The normalized spacial score (nSPS) is 18.2. The maximum absolute atomic E-state index is 14.1. The first-order valence-electron chi connectivity index (χ1n) is 12.6. The van der Waals surface area contributed by atoms with E-state index in [1.54, 1.807) is 23.9 Å². The number of nitrogens with zero attached hydrogens (tertiary/aromatic N) is 5. The summed E-state index contributed by atoms with van der Waals surface area (Å²) in [5, 5.41) is 10.3. The fourth-order valence-corrected chi connectivity index (χ4v) is 5.88. The van der Waals surface area contributed by atoms with Gasteiger partial charge in [-0.1, -0.05) is 60.3 Å². The summed E-state index contributed by atoms with van der Waals surface area (Å²) in [6.07, 6.45) is 2.03. The largest absolute Gasteiger partial charge is 0.379 e. The number of ether oxygens (including phenoxy) is 1. The zero-order valence-corrected chi connectivity index (χ0v) is 21.0. The molecule has 186 valence electrons. The number of halogens is 1. The monoisotopic (exact) mass is 495 g/mol. The van der Waals surface area contributed by atoms with E-state index in [4.69, 9.17) is 9.84 Å². The predicted octanol–water partition coefficient (Wildman–Crippen LogP) is 4.27. The van der Waals surface area contributed by atoms with Gasteiger partial charge in [0.05, 0.1) is 19.8 Å². The second-order valence-corrected chi connectivity index (χ2v) is 10.4. The Morgan fingerprint density at radius 1 is 0.857 bits per heavy atom. The SMILES string of the molecule is Fc1ccccc1CN1CCC(c2nnc(SCCN3CCOCC3)n2Cc2ccccc2)CC1. The Morgan fingerprint density at radius 2 is 1.60 bits per heavy atom. The molecular formula is C27H34FN5OS. The summed E-state index contributed by atoms with van der Waals surface area (Å²) in [5.74, 6) is 2.34. The maximum atomic E-state index is 14.1. The molecule has 0 bridgehead atoms. The van der Waals surface area contributed by atoms with Crippen molar-refractivity contribution in [2.75, 3.05) is 51.7 Å². The number of rotatable bonds is 9. The Bertz CT molecular complexity index is 1060. The molecule has 0 aliphatic carbocycles. The molecule has 2 aromatic carbocycles. The maximum Gasteiger partial charge on any atom is 0.191 e. The van der Waals surface area contributed by atoms with Crippen molar-refractivity contribution >= 4 is 11.8 Å². The summed E-state index contributed by atoms with van der Waals surface area (Å²) in [6, 6.07) is 17.7. The van der Waals surface area contributed by atoms with Crippen molar-refractivity contribution in [3.8, 4) is 0 Å². The van der Waals surface area contributed by atoms with Gasteiger partial charge in [0.2, 0.25) is 0 Å². The Morgan fingerprint density at radius 3 is 2.37 bits per heavy atom. The third-order valence-electron chi connectivity index (χ3n) is 6.98. The minimum Gasteiger partial charge on any atom is -0.379 e. The third kappa shape index (κ3) is 6.50. The summed E-state index contributed by atoms with van der Waals surface area (Å²) in [4.78, 5) is 4.81. The Kier molecular flexibility index (Phi) is 8.46. The van der Waals surface area contributed by atoms with Gasteiger partial charge in [-0.15, -0.1) is 10.2 Å². The van der Waals surface area contributed by atoms with Crippen LogP contribution in [0.3, 0.4) is 0 Å². The number of aromatic nitrogens is 3. The minimum atomic E-state index is -0.115. The topological polar surface area (TPSA) is 46.4 Å². The van der Waals surface area contributed by atoms with E-state index in [1.807, 2.05) is 12.1 Å². The number of thioether (sulfide) groups is 1. The average Bonchev–Trinajstić information content (AvgIpc) is 3.29. The van der Waals surface area contributed by atoms with E-state index in [0.717, 1.165) is 87.6 Å². The summed E-state index contributed by atoms with van der Waals surface area (Å²) in [5.41, 5.74) is 2.04. The number of piperidine rings is 1. The van der Waals surface area contributed by atoms with Gasteiger partial charge in [-0.3, -0.25) is 9.80 Å². The van der Waals surface area contributed by atoms with Crippen molar-refractivity contribution in [3.63, 3.8) is 0 Å². The second-order valence-electron chi connectivity index (χ2n) is 9.36. The van der Waals surface area contributed by atoms with Gasteiger partial charge in [-0.2, -0.15) is 0 Å². The molecule has 1 aromatic heterocycles. The van der Waals surface area contributed by atoms with E-state index in [1.165, 1.54) is 5.56 Å². The van der Waals surface area contributed by atoms with E-state index in [0.29, 0.717) is 12.5 Å². The number of benzene rings is 2. The van der Waals surface area contributed by atoms with Gasteiger partial charge in [-0.25, -0.2) is 4.39 Å². The van der Waals surface area contributed by atoms with Crippen molar-refractivity contribution < 1.29 is 9.13 Å². The third-order valence-corrected chi connectivity index (χ3v) is 7.92. The molecule has 8 heteroatoms. The summed E-state index contributed by atoms with van der Waals surface area (Å²) in [7, 11) is 0. The first-order chi connectivity index (χ1) is 17.3. The predicted molar refractivity (Wildman–Crippen MR) is 137 cm³/mol. The molecule has 2 fully saturated rings. The number of likely N-dealkylation sites (tertiary alicyclic amines) is 1. The van der Waals surface area contributed by atoms with Crippen LogP contribution in [0.15, 0.2) is 59.8 Å².